The lowest BCUT2D eigenvalue weighted by atomic mass is 10.3. The molecule has 0 spiro atoms. The Bertz CT molecular complexity index is 423. The molecular weight excluding hydrogens is 168 g/mol. The molecule has 0 bridgehead atoms. The molecule has 2 aromatic heterocycles. The highest BCUT2D eigenvalue weighted by Crippen LogP contribution is 2.14. The van der Waals surface area contributed by atoms with Gasteiger partial charge in [0, 0.05) is 5.56 Å². The van der Waals surface area contributed by atoms with Crippen LogP contribution >= 0.6 is 0 Å². The number of aromatic nitrogens is 4. The summed E-state index contributed by atoms with van der Waals surface area (Å²) in [7, 11) is 0. The Morgan fingerprint density at radius 1 is 1.54 bits per heavy atom. The third kappa shape index (κ3) is 1.32. The number of aryl methyl sites for hydroxylation is 1. The summed E-state index contributed by atoms with van der Waals surface area (Å²) in [5, 5.41) is 11.8. The molecule has 0 N–H and O–H groups in total. The monoisotopic (exact) mass is 178 g/mol. The van der Waals surface area contributed by atoms with Gasteiger partial charge in [0.1, 0.15) is 6.33 Å². The van der Waals surface area contributed by atoms with Gasteiger partial charge in [-0.1, -0.05) is 0 Å². The molecule has 0 unspecified atom stereocenters. The summed E-state index contributed by atoms with van der Waals surface area (Å²) in [6, 6.07) is 1.89. The van der Waals surface area contributed by atoms with Gasteiger partial charge < -0.3 is 4.74 Å². The molecule has 2 rings (SSSR count). The van der Waals surface area contributed by atoms with Crippen molar-refractivity contribution in [2.45, 2.75) is 13.8 Å². The van der Waals surface area contributed by atoms with E-state index >= 15 is 0 Å². The average Bonchev–Trinajstić information content (AvgIpc) is 2.52. The van der Waals surface area contributed by atoms with E-state index in [1.54, 1.807) is 10.8 Å². The summed E-state index contributed by atoms with van der Waals surface area (Å²) < 4.78 is 6.92. The first-order valence-corrected chi connectivity index (χ1v) is 4.11. The highest BCUT2D eigenvalue weighted by Gasteiger charge is 2.04. The Labute approximate surface area is 75.4 Å². The number of rotatable bonds is 2. The average molecular weight is 178 g/mol. The first-order chi connectivity index (χ1) is 6.31. The van der Waals surface area contributed by atoms with Gasteiger partial charge in [0.05, 0.1) is 6.61 Å². The van der Waals surface area contributed by atoms with Crippen molar-refractivity contribution in [2.24, 2.45) is 0 Å². The molecule has 0 saturated heterocycles. The molecule has 0 aliphatic carbocycles. The molecule has 2 aromatic rings. The smallest absolute Gasteiger partial charge is 0.234 e. The lowest BCUT2D eigenvalue weighted by molar-refractivity contribution is 0.319. The van der Waals surface area contributed by atoms with Crippen molar-refractivity contribution in [2.75, 3.05) is 6.61 Å². The molecular formula is C8H10N4O. The van der Waals surface area contributed by atoms with E-state index in [0.29, 0.717) is 12.5 Å². The SMILES string of the molecule is CCOc1nn2cnnc2cc1C. The van der Waals surface area contributed by atoms with Crippen LogP contribution in [0.1, 0.15) is 12.5 Å². The lowest BCUT2D eigenvalue weighted by Gasteiger charge is -2.04. The molecule has 5 nitrogen and oxygen atoms in total. The third-order valence-corrected chi connectivity index (χ3v) is 1.72. The maximum atomic E-state index is 5.33. The number of fused-ring (bicyclic) bond motifs is 1. The van der Waals surface area contributed by atoms with Crippen LogP contribution in [0.25, 0.3) is 5.65 Å². The second-order valence-corrected chi connectivity index (χ2v) is 2.70. The van der Waals surface area contributed by atoms with Crippen molar-refractivity contribution in [1.82, 2.24) is 19.8 Å². The molecule has 0 fully saturated rings. The third-order valence-electron chi connectivity index (χ3n) is 1.72. The minimum absolute atomic E-state index is 0.613. The van der Waals surface area contributed by atoms with Gasteiger partial charge in [-0.05, 0) is 19.9 Å². The topological polar surface area (TPSA) is 52.3 Å². The lowest BCUT2D eigenvalue weighted by Crippen LogP contribution is -2.01. The molecule has 68 valence electrons. The summed E-state index contributed by atoms with van der Waals surface area (Å²) in [4.78, 5) is 0. The standard InChI is InChI=1S/C8H10N4O/c1-3-13-8-6(2)4-7-10-9-5-12(7)11-8/h4-5H,3H2,1-2H3. The van der Waals surface area contributed by atoms with Crippen LogP contribution in [-0.2, 0) is 0 Å². The second-order valence-electron chi connectivity index (χ2n) is 2.70. The highest BCUT2D eigenvalue weighted by atomic mass is 16.5. The van der Waals surface area contributed by atoms with Crippen LogP contribution in [0.15, 0.2) is 12.4 Å². The van der Waals surface area contributed by atoms with Gasteiger partial charge >= 0.3 is 0 Å². The van der Waals surface area contributed by atoms with Crippen molar-refractivity contribution in [1.29, 1.82) is 0 Å². The Morgan fingerprint density at radius 3 is 3.15 bits per heavy atom. The fourth-order valence-corrected chi connectivity index (χ4v) is 1.12. The predicted octanol–water partition coefficient (Wildman–Crippen LogP) is 0.831. The molecule has 0 amide bonds. The molecule has 13 heavy (non-hydrogen) atoms. The van der Waals surface area contributed by atoms with Gasteiger partial charge in [-0.15, -0.1) is 15.3 Å². The van der Waals surface area contributed by atoms with Gasteiger partial charge in [-0.25, -0.2) is 0 Å². The van der Waals surface area contributed by atoms with Gasteiger partial charge in [0.25, 0.3) is 0 Å². The van der Waals surface area contributed by atoms with Crippen molar-refractivity contribution < 1.29 is 4.74 Å². The van der Waals surface area contributed by atoms with E-state index in [4.69, 9.17) is 4.74 Å². The first kappa shape index (κ1) is 7.97. The highest BCUT2D eigenvalue weighted by molar-refractivity contribution is 5.41. The van der Waals surface area contributed by atoms with E-state index in [0.717, 1.165) is 11.2 Å². The molecule has 0 aliphatic heterocycles. The number of hydrogen-bond acceptors (Lipinski definition) is 4. The molecule has 0 aromatic carbocycles. The van der Waals surface area contributed by atoms with E-state index in [2.05, 4.69) is 15.3 Å². The normalized spacial score (nSPS) is 10.6. The van der Waals surface area contributed by atoms with Crippen molar-refractivity contribution in [3.63, 3.8) is 0 Å². The van der Waals surface area contributed by atoms with E-state index in [9.17, 15) is 0 Å². The zero-order valence-corrected chi connectivity index (χ0v) is 7.56. The molecule has 5 heteroatoms. The molecule has 2 heterocycles. The Kier molecular flexibility index (Phi) is 1.84. The largest absolute Gasteiger partial charge is 0.477 e. The Morgan fingerprint density at radius 2 is 2.38 bits per heavy atom. The van der Waals surface area contributed by atoms with E-state index in [1.807, 2.05) is 19.9 Å². The molecule has 0 saturated carbocycles. The number of hydrogen-bond donors (Lipinski definition) is 0. The summed E-state index contributed by atoms with van der Waals surface area (Å²) in [6.07, 6.45) is 1.55. The zero-order valence-electron chi connectivity index (χ0n) is 7.56. The fourth-order valence-electron chi connectivity index (χ4n) is 1.12. The second kappa shape index (κ2) is 3.01. The van der Waals surface area contributed by atoms with Crippen LogP contribution in [0, 0.1) is 6.92 Å². The summed E-state index contributed by atoms with van der Waals surface area (Å²) in [5.74, 6) is 0.634. The predicted molar refractivity (Wildman–Crippen MR) is 46.7 cm³/mol. The molecule has 0 radical (unpaired) electrons. The van der Waals surface area contributed by atoms with Crippen LogP contribution in [0.5, 0.6) is 5.88 Å². The molecule has 0 aliphatic rings. The minimum atomic E-state index is 0.613. The fraction of sp³-hybridized carbons (Fsp3) is 0.375. The maximum absolute atomic E-state index is 5.33. The van der Waals surface area contributed by atoms with Crippen molar-refractivity contribution in [3.05, 3.63) is 18.0 Å². The van der Waals surface area contributed by atoms with Crippen LogP contribution in [0.2, 0.25) is 0 Å². The summed E-state index contributed by atoms with van der Waals surface area (Å²) in [6.45, 7) is 4.48. The number of nitrogens with zero attached hydrogens (tertiary/aromatic N) is 4. The summed E-state index contributed by atoms with van der Waals surface area (Å²) in [5.41, 5.74) is 1.71. The Hall–Kier alpha value is -1.65. The van der Waals surface area contributed by atoms with Crippen LogP contribution < -0.4 is 4.74 Å². The van der Waals surface area contributed by atoms with Crippen LogP contribution in [0.4, 0.5) is 0 Å². The van der Waals surface area contributed by atoms with Gasteiger partial charge in [-0.2, -0.15) is 4.52 Å². The van der Waals surface area contributed by atoms with Crippen molar-refractivity contribution >= 4 is 5.65 Å². The van der Waals surface area contributed by atoms with Gasteiger partial charge in [-0.3, -0.25) is 0 Å². The zero-order chi connectivity index (χ0) is 9.26. The van der Waals surface area contributed by atoms with E-state index in [1.165, 1.54) is 0 Å². The molecule has 0 atom stereocenters. The minimum Gasteiger partial charge on any atom is -0.477 e. The first-order valence-electron chi connectivity index (χ1n) is 4.11. The van der Waals surface area contributed by atoms with Gasteiger partial charge in [0.2, 0.25) is 5.88 Å². The van der Waals surface area contributed by atoms with E-state index < -0.39 is 0 Å². The summed E-state index contributed by atoms with van der Waals surface area (Å²) >= 11 is 0. The van der Waals surface area contributed by atoms with E-state index in [-0.39, 0.29) is 0 Å². The van der Waals surface area contributed by atoms with Gasteiger partial charge in [0.15, 0.2) is 5.65 Å². The quantitative estimate of drug-likeness (QED) is 0.683. The van der Waals surface area contributed by atoms with Crippen molar-refractivity contribution in [3.8, 4) is 5.88 Å². The maximum Gasteiger partial charge on any atom is 0.234 e. The Balaban J connectivity index is 2.56. The van der Waals surface area contributed by atoms with Crippen LogP contribution in [-0.4, -0.2) is 26.4 Å². The number of ether oxygens (including phenoxy) is 1. The van der Waals surface area contributed by atoms with Crippen LogP contribution in [0.3, 0.4) is 0 Å².